The van der Waals surface area contributed by atoms with Gasteiger partial charge in [0.1, 0.15) is 36.1 Å². The van der Waals surface area contributed by atoms with Gasteiger partial charge in [-0.05, 0) is 87.6 Å². The summed E-state index contributed by atoms with van der Waals surface area (Å²) in [5, 5.41) is 24.2. The topological polar surface area (TPSA) is 343 Å². The molecule has 27 nitrogen and oxygen atoms in total. The van der Waals surface area contributed by atoms with Gasteiger partial charge in [0, 0.05) is 49.4 Å². The number of benzene rings is 3. The smallest absolute Gasteiger partial charge is 0.460 e. The van der Waals surface area contributed by atoms with Crippen LogP contribution in [0.2, 0.25) is 0 Å². The van der Waals surface area contributed by atoms with E-state index in [-0.39, 0.29) is 69.5 Å². The third-order valence-corrected chi connectivity index (χ3v) is 11.8. The van der Waals surface area contributed by atoms with Crippen LogP contribution in [-0.2, 0) is 89.3 Å². The van der Waals surface area contributed by atoms with Crippen LogP contribution in [-0.4, -0.2) is 168 Å². The van der Waals surface area contributed by atoms with Crippen LogP contribution in [0.3, 0.4) is 0 Å². The number of amides is 7. The Bertz CT molecular complexity index is 2680. The van der Waals surface area contributed by atoms with Crippen LogP contribution in [0.15, 0.2) is 84.9 Å². The highest BCUT2D eigenvalue weighted by Gasteiger charge is 2.32. The molecule has 85 heavy (non-hydrogen) atoms. The Balaban J connectivity index is 1.03. The molecule has 27 heteroatoms. The molecule has 3 atom stereocenters. The molecule has 0 spiro atoms. The second kappa shape index (κ2) is 37.2. The van der Waals surface area contributed by atoms with Gasteiger partial charge in [0.2, 0.25) is 29.5 Å². The van der Waals surface area contributed by atoms with Crippen molar-refractivity contribution < 1.29 is 90.7 Å². The molecule has 0 saturated carbocycles. The van der Waals surface area contributed by atoms with Crippen molar-refractivity contribution in [3.8, 4) is 5.75 Å². The molecule has 0 unspecified atom stereocenters. The molecule has 0 fully saturated rings. The van der Waals surface area contributed by atoms with E-state index in [0.29, 0.717) is 82.9 Å². The van der Waals surface area contributed by atoms with Gasteiger partial charge in [-0.15, -0.1) is 0 Å². The normalized spacial score (nSPS) is 13.1. The Morgan fingerprint density at radius 2 is 1.13 bits per heavy atom. The minimum atomic E-state index is -1.24. The number of nitro benzene ring substituents is 1. The molecular weight excluding hydrogens is 1110 g/mol. The number of imide groups is 1. The zero-order valence-electron chi connectivity index (χ0n) is 48.7. The maximum Gasteiger partial charge on any atom is 0.514 e. The summed E-state index contributed by atoms with van der Waals surface area (Å²) in [6.07, 6.45) is 1.02. The van der Waals surface area contributed by atoms with Gasteiger partial charge >= 0.3 is 12.1 Å². The summed E-state index contributed by atoms with van der Waals surface area (Å²) >= 11 is 0. The number of anilines is 2. The summed E-state index contributed by atoms with van der Waals surface area (Å²) in [6.45, 7) is 13.4. The molecular formula is C58H77N7O20. The van der Waals surface area contributed by atoms with Crippen molar-refractivity contribution in [2.24, 2.45) is 5.92 Å². The molecule has 1 aliphatic rings. The van der Waals surface area contributed by atoms with Crippen LogP contribution in [0.25, 0.3) is 0 Å². The molecule has 5 N–H and O–H groups in total. The van der Waals surface area contributed by atoms with Crippen LogP contribution in [0.5, 0.6) is 5.75 Å². The van der Waals surface area contributed by atoms with E-state index in [1.165, 1.54) is 43.3 Å². The van der Waals surface area contributed by atoms with Gasteiger partial charge in [0.15, 0.2) is 0 Å². The van der Waals surface area contributed by atoms with E-state index < -0.39 is 82.1 Å². The summed E-state index contributed by atoms with van der Waals surface area (Å²) in [4.78, 5) is 126. The number of nitro groups is 1. The molecule has 0 radical (unpaired) electrons. The number of hydrogen-bond donors (Lipinski definition) is 5. The van der Waals surface area contributed by atoms with E-state index in [0.717, 1.165) is 10.5 Å². The summed E-state index contributed by atoms with van der Waals surface area (Å²) in [5.41, 5.74) is 1.11. The van der Waals surface area contributed by atoms with Gasteiger partial charge in [-0.1, -0.05) is 38.1 Å². The zero-order valence-corrected chi connectivity index (χ0v) is 48.7. The Morgan fingerprint density at radius 3 is 1.66 bits per heavy atom. The Labute approximate surface area is 492 Å². The van der Waals surface area contributed by atoms with Gasteiger partial charge in [0.25, 0.3) is 17.5 Å². The number of carbonyl (C=O) groups is 9. The highest BCUT2D eigenvalue weighted by atomic mass is 16.7. The first-order valence-electron chi connectivity index (χ1n) is 27.6. The maximum atomic E-state index is 13.7. The van der Waals surface area contributed by atoms with Crippen molar-refractivity contribution in [1.29, 1.82) is 0 Å². The first-order valence-corrected chi connectivity index (χ1v) is 27.6. The van der Waals surface area contributed by atoms with E-state index in [2.05, 4.69) is 26.6 Å². The summed E-state index contributed by atoms with van der Waals surface area (Å²) in [6, 6.07) is 14.3. The minimum Gasteiger partial charge on any atom is -0.460 e. The van der Waals surface area contributed by atoms with E-state index in [1.54, 1.807) is 83.1 Å². The third-order valence-electron chi connectivity index (χ3n) is 11.8. The van der Waals surface area contributed by atoms with E-state index in [1.807, 2.05) is 0 Å². The second-order valence-electron chi connectivity index (χ2n) is 20.2. The minimum absolute atomic E-state index is 0.00582. The van der Waals surface area contributed by atoms with E-state index in [4.69, 9.17) is 42.6 Å². The van der Waals surface area contributed by atoms with Crippen LogP contribution in [0, 0.1) is 16.0 Å². The molecule has 1 aliphatic heterocycles. The van der Waals surface area contributed by atoms with Crippen molar-refractivity contribution in [2.45, 2.75) is 97.6 Å². The van der Waals surface area contributed by atoms with Crippen molar-refractivity contribution in [3.63, 3.8) is 0 Å². The van der Waals surface area contributed by atoms with Crippen molar-refractivity contribution in [1.82, 2.24) is 21.3 Å². The number of nitrogens with zero attached hydrogens (tertiary/aromatic N) is 2. The molecule has 1 heterocycles. The van der Waals surface area contributed by atoms with E-state index >= 15 is 0 Å². The monoisotopic (exact) mass is 1190 g/mol. The molecule has 0 bridgehead atoms. The van der Waals surface area contributed by atoms with Gasteiger partial charge in [-0.3, -0.25) is 48.5 Å². The van der Waals surface area contributed by atoms with Gasteiger partial charge in [-0.25, -0.2) is 9.69 Å². The average molecular weight is 1190 g/mol. The highest BCUT2D eigenvalue weighted by Crippen LogP contribution is 2.21. The van der Waals surface area contributed by atoms with Crippen LogP contribution < -0.4 is 36.2 Å². The summed E-state index contributed by atoms with van der Waals surface area (Å²) < 4.78 is 48.6. The Hall–Kier alpha value is -8.21. The molecule has 3 aromatic rings. The number of nitrogens with one attached hydrogen (secondary N) is 5. The number of rotatable bonds is 39. The van der Waals surface area contributed by atoms with Crippen molar-refractivity contribution in [3.05, 3.63) is 106 Å². The van der Waals surface area contributed by atoms with Crippen LogP contribution in [0.1, 0.15) is 71.9 Å². The number of non-ortho nitro benzene ring substituents is 1. The van der Waals surface area contributed by atoms with Crippen molar-refractivity contribution in [2.75, 3.05) is 96.0 Å². The van der Waals surface area contributed by atoms with Crippen molar-refractivity contribution >= 4 is 70.5 Å². The standard InChI is InChI=1S/C58H77N7O20/c1-39(2)53(56(73)60-40(3)54(71)61-43-11-7-42(8-12-43)38-83-57(74)84-46-17-15-45(16-18-46)65(75)76)63-55(72)47(19-22-52(70)85-58(4,5)6)62-48(66)23-25-77-27-29-79-31-33-81-35-36-82-34-32-80-30-28-78-26-24-59-49(67)37-41-9-13-44(14-10-41)64-50(68)20-21-51(64)69/h7-18,20-21,39-40,47,53H,19,22-38H2,1-6H3,(H,59,67)(H,60,73)(H,61,71)(H,62,66)(H,63,72)/t40-,47-,53-/m0/s1. The van der Waals surface area contributed by atoms with Gasteiger partial charge in [-0.2, -0.15) is 0 Å². The fraction of sp³-hybridized carbons (Fsp3) is 0.500. The number of hydrogen-bond acceptors (Lipinski definition) is 20. The molecule has 0 saturated heterocycles. The average Bonchev–Trinajstić information content (AvgIpc) is 3.52. The maximum absolute atomic E-state index is 13.7. The number of esters is 1. The largest absolute Gasteiger partial charge is 0.514 e. The van der Waals surface area contributed by atoms with Gasteiger partial charge in [0.05, 0.1) is 96.3 Å². The molecule has 3 aromatic carbocycles. The number of ether oxygens (including phenoxy) is 9. The zero-order chi connectivity index (χ0) is 62.2. The first kappa shape index (κ1) is 69.3. The number of carbonyl (C=O) groups excluding carboxylic acids is 9. The molecule has 0 aromatic heterocycles. The SMILES string of the molecule is CC(C)[C@H](NC(=O)[C@H](CCC(=O)OC(C)(C)C)NC(=O)CCOCCOCCOCCOCCOCCOCCNC(=O)Cc1ccc(N2C(=O)C=CC2=O)cc1)C(=O)N[C@@H](C)C(=O)Nc1ccc(COC(=O)Oc2ccc([N+](=O)[O-])cc2)cc1. The summed E-state index contributed by atoms with van der Waals surface area (Å²) in [5.74, 6) is -4.58. The lowest BCUT2D eigenvalue weighted by molar-refractivity contribution is -0.384. The second-order valence-corrected chi connectivity index (χ2v) is 20.2. The lowest BCUT2D eigenvalue weighted by Crippen LogP contribution is -2.57. The lowest BCUT2D eigenvalue weighted by atomic mass is 10.0. The molecule has 464 valence electrons. The Morgan fingerprint density at radius 1 is 0.600 bits per heavy atom. The molecule has 0 aliphatic carbocycles. The van der Waals surface area contributed by atoms with Crippen LogP contribution in [0.4, 0.5) is 21.9 Å². The fourth-order valence-corrected chi connectivity index (χ4v) is 7.48. The summed E-state index contributed by atoms with van der Waals surface area (Å²) in [7, 11) is 0. The molecule has 7 amide bonds. The highest BCUT2D eigenvalue weighted by molar-refractivity contribution is 6.28. The van der Waals surface area contributed by atoms with Gasteiger partial charge < -0.3 is 69.2 Å². The quantitative estimate of drug-likeness (QED) is 0.0135. The predicted octanol–water partition coefficient (Wildman–Crippen LogP) is 3.78. The first-order chi connectivity index (χ1) is 40.6. The lowest BCUT2D eigenvalue weighted by Gasteiger charge is -2.27. The third kappa shape index (κ3) is 27.8. The predicted molar refractivity (Wildman–Crippen MR) is 305 cm³/mol. The molecule has 4 rings (SSSR count). The van der Waals surface area contributed by atoms with E-state index in [9.17, 15) is 53.3 Å². The fourth-order valence-electron chi connectivity index (χ4n) is 7.48. The Kier molecular flexibility index (Phi) is 30.3. The van der Waals surface area contributed by atoms with Crippen LogP contribution >= 0.6 is 0 Å².